The zero-order chi connectivity index (χ0) is 18.5. The van der Waals surface area contributed by atoms with E-state index in [9.17, 15) is 9.18 Å². The normalized spacial score (nSPS) is 10.4. The van der Waals surface area contributed by atoms with Gasteiger partial charge in [0.1, 0.15) is 5.82 Å². The number of ether oxygens (including phenoxy) is 1. The van der Waals surface area contributed by atoms with Crippen LogP contribution in [0.4, 0.5) is 22.0 Å². The minimum Gasteiger partial charge on any atom is -0.454 e. The highest BCUT2D eigenvalue weighted by atomic mass is 35.5. The van der Waals surface area contributed by atoms with Crippen LogP contribution in [0.1, 0.15) is 16.2 Å². The van der Waals surface area contributed by atoms with Gasteiger partial charge in [0.05, 0.1) is 5.56 Å². The van der Waals surface area contributed by atoms with Crippen LogP contribution in [-0.2, 0) is 11.3 Å². The number of carbonyl (C=O) groups excluding carboxylic acids is 1. The van der Waals surface area contributed by atoms with E-state index in [0.717, 1.165) is 11.8 Å². The SMILES string of the molecule is Nc1nc(COC(=O)c2cc(Cl)ccc2F)nc(Nc2ccccc2)n1. The zero-order valence-electron chi connectivity index (χ0n) is 13.3. The summed E-state index contributed by atoms with van der Waals surface area (Å²) in [6.07, 6.45) is 0. The summed E-state index contributed by atoms with van der Waals surface area (Å²) < 4.78 is 18.7. The number of carbonyl (C=O) groups is 1. The van der Waals surface area contributed by atoms with Gasteiger partial charge in [-0.2, -0.15) is 15.0 Å². The monoisotopic (exact) mass is 373 g/mol. The molecule has 0 amide bonds. The van der Waals surface area contributed by atoms with Crippen molar-refractivity contribution in [1.29, 1.82) is 0 Å². The van der Waals surface area contributed by atoms with E-state index in [2.05, 4.69) is 20.3 Å². The summed E-state index contributed by atoms with van der Waals surface area (Å²) in [4.78, 5) is 24.0. The van der Waals surface area contributed by atoms with Crippen molar-refractivity contribution in [3.8, 4) is 0 Å². The van der Waals surface area contributed by atoms with Crippen LogP contribution in [0, 0.1) is 5.82 Å². The molecule has 3 N–H and O–H groups in total. The first-order chi connectivity index (χ1) is 12.5. The number of rotatable bonds is 5. The lowest BCUT2D eigenvalue weighted by atomic mass is 10.2. The highest BCUT2D eigenvalue weighted by molar-refractivity contribution is 6.30. The first kappa shape index (κ1) is 17.6. The Bertz CT molecular complexity index is 940. The maximum absolute atomic E-state index is 13.7. The first-order valence-corrected chi connectivity index (χ1v) is 7.84. The van der Waals surface area contributed by atoms with Crippen molar-refractivity contribution in [1.82, 2.24) is 15.0 Å². The average Bonchev–Trinajstić information content (AvgIpc) is 2.62. The van der Waals surface area contributed by atoms with Gasteiger partial charge in [-0.1, -0.05) is 29.8 Å². The second-order valence-corrected chi connectivity index (χ2v) is 5.56. The molecule has 0 saturated carbocycles. The van der Waals surface area contributed by atoms with Gasteiger partial charge < -0.3 is 15.8 Å². The van der Waals surface area contributed by atoms with Gasteiger partial charge in [-0.25, -0.2) is 9.18 Å². The number of halogens is 2. The molecule has 0 atom stereocenters. The second-order valence-electron chi connectivity index (χ2n) is 5.12. The van der Waals surface area contributed by atoms with Crippen LogP contribution in [-0.4, -0.2) is 20.9 Å². The third kappa shape index (κ3) is 4.42. The van der Waals surface area contributed by atoms with Gasteiger partial charge in [0.15, 0.2) is 12.4 Å². The lowest BCUT2D eigenvalue weighted by Gasteiger charge is -2.08. The Morgan fingerprint density at radius 3 is 2.69 bits per heavy atom. The fourth-order valence-electron chi connectivity index (χ4n) is 2.07. The lowest BCUT2D eigenvalue weighted by Crippen LogP contribution is -2.12. The Hall–Kier alpha value is -3.26. The van der Waals surface area contributed by atoms with Crippen molar-refractivity contribution < 1.29 is 13.9 Å². The Balaban J connectivity index is 1.71. The molecule has 7 nitrogen and oxygen atoms in total. The number of hydrogen-bond donors (Lipinski definition) is 2. The second kappa shape index (κ2) is 7.75. The number of nitrogens with zero attached hydrogens (tertiary/aromatic N) is 3. The summed E-state index contributed by atoms with van der Waals surface area (Å²) in [6.45, 7) is -0.305. The van der Waals surface area contributed by atoms with E-state index in [1.54, 1.807) is 0 Å². The number of nitrogens with one attached hydrogen (secondary N) is 1. The molecule has 0 saturated heterocycles. The third-order valence-electron chi connectivity index (χ3n) is 3.21. The van der Waals surface area contributed by atoms with Crippen molar-refractivity contribution in [2.24, 2.45) is 0 Å². The first-order valence-electron chi connectivity index (χ1n) is 7.46. The summed E-state index contributed by atoms with van der Waals surface area (Å²) in [6, 6.07) is 12.8. The Morgan fingerprint density at radius 2 is 1.92 bits per heavy atom. The highest BCUT2D eigenvalue weighted by Gasteiger charge is 2.15. The zero-order valence-corrected chi connectivity index (χ0v) is 14.1. The van der Waals surface area contributed by atoms with E-state index < -0.39 is 11.8 Å². The number of hydrogen-bond acceptors (Lipinski definition) is 7. The molecule has 0 aliphatic rings. The molecule has 132 valence electrons. The summed E-state index contributed by atoms with van der Waals surface area (Å²) in [5.41, 5.74) is 6.13. The predicted octanol–water partition coefficient (Wildman–Crippen LogP) is 3.35. The van der Waals surface area contributed by atoms with E-state index in [4.69, 9.17) is 22.1 Å². The molecule has 0 aliphatic heterocycles. The van der Waals surface area contributed by atoms with Crippen LogP contribution in [0.15, 0.2) is 48.5 Å². The highest BCUT2D eigenvalue weighted by Crippen LogP contribution is 2.17. The molecule has 0 aliphatic carbocycles. The molecule has 0 bridgehead atoms. The van der Waals surface area contributed by atoms with Crippen LogP contribution in [0.2, 0.25) is 5.02 Å². The standard InChI is InChI=1S/C17H13ClFN5O2/c18-10-6-7-13(19)12(8-10)15(25)26-9-14-22-16(20)24-17(23-14)21-11-4-2-1-3-5-11/h1-8H,9H2,(H3,20,21,22,23,24). The molecule has 9 heteroatoms. The molecular weight excluding hydrogens is 361 g/mol. The van der Waals surface area contributed by atoms with E-state index in [-0.39, 0.29) is 34.9 Å². The number of nitrogens with two attached hydrogens (primary N) is 1. The molecule has 0 unspecified atom stereocenters. The average molecular weight is 374 g/mol. The fraction of sp³-hybridized carbons (Fsp3) is 0.0588. The molecule has 26 heavy (non-hydrogen) atoms. The Kier molecular flexibility index (Phi) is 5.23. The van der Waals surface area contributed by atoms with Crippen LogP contribution < -0.4 is 11.1 Å². The number of nitrogen functional groups attached to an aromatic ring is 1. The number of para-hydroxylation sites is 1. The minimum absolute atomic E-state index is 0.0431. The number of anilines is 3. The molecule has 3 aromatic rings. The molecule has 0 fully saturated rings. The van der Waals surface area contributed by atoms with Crippen molar-refractivity contribution in [3.63, 3.8) is 0 Å². The molecule has 0 spiro atoms. The number of esters is 1. The van der Waals surface area contributed by atoms with Gasteiger partial charge >= 0.3 is 5.97 Å². The molecule has 1 aromatic heterocycles. The Labute approximate surface area is 153 Å². The Morgan fingerprint density at radius 1 is 1.15 bits per heavy atom. The van der Waals surface area contributed by atoms with Gasteiger partial charge in [0, 0.05) is 10.7 Å². The van der Waals surface area contributed by atoms with Gasteiger partial charge in [0.25, 0.3) is 0 Å². The van der Waals surface area contributed by atoms with Gasteiger partial charge in [0.2, 0.25) is 11.9 Å². The van der Waals surface area contributed by atoms with Crippen LogP contribution >= 0.6 is 11.6 Å². The predicted molar refractivity (Wildman–Crippen MR) is 94.5 cm³/mol. The third-order valence-corrected chi connectivity index (χ3v) is 3.44. The van der Waals surface area contributed by atoms with Crippen molar-refractivity contribution >= 4 is 35.2 Å². The topological polar surface area (TPSA) is 103 Å². The summed E-state index contributed by atoms with van der Waals surface area (Å²) in [5.74, 6) is -1.35. The van der Waals surface area contributed by atoms with Gasteiger partial charge in [-0.05, 0) is 30.3 Å². The van der Waals surface area contributed by atoms with Crippen molar-refractivity contribution in [3.05, 3.63) is 70.8 Å². The molecule has 1 heterocycles. The van der Waals surface area contributed by atoms with E-state index in [0.29, 0.717) is 0 Å². The summed E-state index contributed by atoms with van der Waals surface area (Å²) in [5, 5.41) is 3.18. The molecule has 0 radical (unpaired) electrons. The molecule has 3 rings (SSSR count). The smallest absolute Gasteiger partial charge is 0.341 e. The fourth-order valence-corrected chi connectivity index (χ4v) is 2.24. The summed E-state index contributed by atoms with van der Waals surface area (Å²) in [7, 11) is 0. The summed E-state index contributed by atoms with van der Waals surface area (Å²) >= 11 is 5.76. The quantitative estimate of drug-likeness (QED) is 0.661. The largest absolute Gasteiger partial charge is 0.454 e. The number of aromatic nitrogens is 3. The number of benzene rings is 2. The minimum atomic E-state index is -0.887. The van der Waals surface area contributed by atoms with Gasteiger partial charge in [-0.15, -0.1) is 0 Å². The van der Waals surface area contributed by atoms with Crippen LogP contribution in [0.5, 0.6) is 0 Å². The maximum atomic E-state index is 13.7. The van der Waals surface area contributed by atoms with E-state index in [1.165, 1.54) is 12.1 Å². The van der Waals surface area contributed by atoms with Crippen molar-refractivity contribution in [2.45, 2.75) is 6.61 Å². The van der Waals surface area contributed by atoms with Crippen molar-refractivity contribution in [2.75, 3.05) is 11.1 Å². The van der Waals surface area contributed by atoms with Gasteiger partial charge in [-0.3, -0.25) is 0 Å². The lowest BCUT2D eigenvalue weighted by molar-refractivity contribution is 0.0457. The van der Waals surface area contributed by atoms with E-state index >= 15 is 0 Å². The van der Waals surface area contributed by atoms with Crippen LogP contribution in [0.25, 0.3) is 0 Å². The van der Waals surface area contributed by atoms with E-state index in [1.807, 2.05) is 30.3 Å². The van der Waals surface area contributed by atoms with Crippen LogP contribution in [0.3, 0.4) is 0 Å². The molecule has 2 aromatic carbocycles. The molecular formula is C17H13ClFN5O2. The maximum Gasteiger partial charge on any atom is 0.341 e.